The van der Waals surface area contributed by atoms with Gasteiger partial charge in [-0.25, -0.2) is 4.39 Å². The highest BCUT2D eigenvalue weighted by atomic mass is 19.1. The molecule has 0 atom stereocenters. The van der Waals surface area contributed by atoms with Crippen molar-refractivity contribution >= 4 is 5.91 Å². The summed E-state index contributed by atoms with van der Waals surface area (Å²) >= 11 is 0. The zero-order valence-corrected chi connectivity index (χ0v) is 12.1. The number of hydrogen-bond donors (Lipinski definition) is 2. The molecular weight excluding hydrogens is 273 g/mol. The third-order valence-corrected chi connectivity index (χ3v) is 3.17. The Hall–Kier alpha value is -2.37. The number of carbonyl (C=O) groups is 1. The van der Waals surface area contributed by atoms with Crippen molar-refractivity contribution in [3.05, 3.63) is 47.0 Å². The first-order valence-electron chi connectivity index (χ1n) is 6.72. The van der Waals surface area contributed by atoms with Gasteiger partial charge in [-0.3, -0.25) is 9.89 Å². The summed E-state index contributed by atoms with van der Waals surface area (Å²) in [5.41, 5.74) is 3.04. The maximum atomic E-state index is 13.3. The van der Waals surface area contributed by atoms with E-state index in [1.54, 1.807) is 12.1 Å². The van der Waals surface area contributed by atoms with Crippen LogP contribution in [-0.4, -0.2) is 29.3 Å². The summed E-state index contributed by atoms with van der Waals surface area (Å²) in [5, 5.41) is 9.73. The highest BCUT2D eigenvalue weighted by molar-refractivity contribution is 5.77. The van der Waals surface area contributed by atoms with Crippen LogP contribution in [0.5, 0.6) is 5.75 Å². The summed E-state index contributed by atoms with van der Waals surface area (Å²) < 4.78 is 18.4. The third-order valence-electron chi connectivity index (χ3n) is 3.17. The lowest BCUT2D eigenvalue weighted by molar-refractivity contribution is -0.123. The molecule has 5 nitrogen and oxygen atoms in total. The molecule has 1 aromatic heterocycles. The Bertz CT molecular complexity index is 606. The van der Waals surface area contributed by atoms with Crippen LogP contribution < -0.4 is 10.1 Å². The zero-order valence-electron chi connectivity index (χ0n) is 12.1. The predicted molar refractivity (Wildman–Crippen MR) is 76.7 cm³/mol. The highest BCUT2D eigenvalue weighted by Crippen LogP contribution is 2.14. The minimum atomic E-state index is -0.477. The summed E-state index contributed by atoms with van der Waals surface area (Å²) in [4.78, 5) is 11.6. The number of benzene rings is 1. The standard InChI is InChI=1S/C15H18FN3O2/c1-10-12(11(2)19-18-10)7-8-17-15(20)9-21-14-6-4-3-5-13(14)16/h3-6H,7-9H2,1-2H3,(H,17,20)(H,18,19). The van der Waals surface area contributed by atoms with E-state index >= 15 is 0 Å². The molecule has 0 fully saturated rings. The van der Waals surface area contributed by atoms with Crippen LogP contribution in [0.4, 0.5) is 4.39 Å². The second-order valence-electron chi connectivity index (χ2n) is 4.73. The number of carbonyl (C=O) groups excluding carboxylic acids is 1. The van der Waals surface area contributed by atoms with Crippen LogP contribution in [-0.2, 0) is 11.2 Å². The van der Waals surface area contributed by atoms with Crippen molar-refractivity contribution < 1.29 is 13.9 Å². The van der Waals surface area contributed by atoms with Crippen LogP contribution in [0, 0.1) is 19.7 Å². The van der Waals surface area contributed by atoms with Crippen molar-refractivity contribution in [3.63, 3.8) is 0 Å². The number of aromatic amines is 1. The van der Waals surface area contributed by atoms with Gasteiger partial charge in [-0.05, 0) is 38.0 Å². The van der Waals surface area contributed by atoms with E-state index in [1.165, 1.54) is 12.1 Å². The molecule has 21 heavy (non-hydrogen) atoms. The molecule has 1 aromatic carbocycles. The Kier molecular flexibility index (Phi) is 4.92. The van der Waals surface area contributed by atoms with Crippen molar-refractivity contribution in [2.45, 2.75) is 20.3 Å². The van der Waals surface area contributed by atoms with Crippen molar-refractivity contribution in [1.29, 1.82) is 0 Å². The molecule has 0 aliphatic carbocycles. The summed E-state index contributed by atoms with van der Waals surface area (Å²) in [6.45, 7) is 4.14. The number of amides is 1. The molecule has 0 saturated heterocycles. The molecule has 1 amide bonds. The number of rotatable bonds is 6. The molecule has 6 heteroatoms. The van der Waals surface area contributed by atoms with Crippen molar-refractivity contribution in [1.82, 2.24) is 15.5 Å². The SMILES string of the molecule is Cc1n[nH]c(C)c1CCNC(=O)COc1ccccc1F. The van der Waals surface area contributed by atoms with Crippen LogP contribution in [0.25, 0.3) is 0 Å². The average molecular weight is 291 g/mol. The molecule has 0 unspecified atom stereocenters. The van der Waals surface area contributed by atoms with Gasteiger partial charge in [0.05, 0.1) is 5.69 Å². The number of halogens is 1. The van der Waals surface area contributed by atoms with Gasteiger partial charge in [0, 0.05) is 12.2 Å². The molecule has 0 saturated carbocycles. The first kappa shape index (κ1) is 15.0. The number of nitrogens with one attached hydrogen (secondary N) is 2. The fourth-order valence-electron chi connectivity index (χ4n) is 2.03. The van der Waals surface area contributed by atoms with Crippen LogP contribution in [0.2, 0.25) is 0 Å². The van der Waals surface area contributed by atoms with Crippen LogP contribution in [0.1, 0.15) is 17.0 Å². The number of nitrogens with zero attached hydrogens (tertiary/aromatic N) is 1. The second-order valence-corrected chi connectivity index (χ2v) is 4.73. The normalized spacial score (nSPS) is 10.4. The number of para-hydroxylation sites is 1. The van der Waals surface area contributed by atoms with E-state index in [-0.39, 0.29) is 18.3 Å². The molecule has 2 rings (SSSR count). The van der Waals surface area contributed by atoms with Gasteiger partial charge in [0.2, 0.25) is 0 Å². The number of aromatic nitrogens is 2. The zero-order chi connectivity index (χ0) is 15.2. The molecule has 0 spiro atoms. The van der Waals surface area contributed by atoms with E-state index in [0.29, 0.717) is 13.0 Å². The minimum absolute atomic E-state index is 0.0779. The number of hydrogen-bond acceptors (Lipinski definition) is 3. The molecular formula is C15H18FN3O2. The van der Waals surface area contributed by atoms with Gasteiger partial charge in [-0.15, -0.1) is 0 Å². The van der Waals surface area contributed by atoms with Crippen LogP contribution >= 0.6 is 0 Å². The lowest BCUT2D eigenvalue weighted by Crippen LogP contribution is -2.30. The third kappa shape index (κ3) is 4.05. The minimum Gasteiger partial charge on any atom is -0.481 e. The van der Waals surface area contributed by atoms with Gasteiger partial charge in [0.15, 0.2) is 18.2 Å². The quantitative estimate of drug-likeness (QED) is 0.854. The average Bonchev–Trinajstić information content (AvgIpc) is 2.78. The molecule has 0 aliphatic rings. The van der Waals surface area contributed by atoms with Gasteiger partial charge >= 0.3 is 0 Å². The molecule has 0 aliphatic heterocycles. The molecule has 0 radical (unpaired) electrons. The fourth-order valence-corrected chi connectivity index (χ4v) is 2.03. The van der Waals surface area contributed by atoms with Crippen LogP contribution in [0.15, 0.2) is 24.3 Å². The van der Waals surface area contributed by atoms with E-state index in [4.69, 9.17) is 4.74 Å². The van der Waals surface area contributed by atoms with Crippen LogP contribution in [0.3, 0.4) is 0 Å². The fraction of sp³-hybridized carbons (Fsp3) is 0.333. The monoisotopic (exact) mass is 291 g/mol. The van der Waals surface area contributed by atoms with Gasteiger partial charge in [0.1, 0.15) is 0 Å². The number of aryl methyl sites for hydroxylation is 2. The maximum absolute atomic E-state index is 13.3. The lowest BCUT2D eigenvalue weighted by Gasteiger charge is -2.08. The van der Waals surface area contributed by atoms with E-state index in [0.717, 1.165) is 17.0 Å². The Morgan fingerprint density at radius 2 is 2.14 bits per heavy atom. The van der Waals surface area contributed by atoms with E-state index in [9.17, 15) is 9.18 Å². The van der Waals surface area contributed by atoms with E-state index in [1.807, 2.05) is 13.8 Å². The second kappa shape index (κ2) is 6.88. The predicted octanol–water partition coefficient (Wildman–Crippen LogP) is 1.90. The Balaban J connectivity index is 1.74. The summed E-state index contributed by atoms with van der Waals surface area (Å²) in [6, 6.07) is 6.00. The summed E-state index contributed by atoms with van der Waals surface area (Å²) in [5.74, 6) is -0.679. The van der Waals surface area contributed by atoms with E-state index < -0.39 is 5.82 Å². The maximum Gasteiger partial charge on any atom is 0.257 e. The Labute approximate surface area is 122 Å². The van der Waals surface area contributed by atoms with E-state index in [2.05, 4.69) is 15.5 Å². The van der Waals surface area contributed by atoms with Crippen molar-refractivity contribution in [2.24, 2.45) is 0 Å². The number of H-pyrrole nitrogens is 1. The van der Waals surface area contributed by atoms with Crippen molar-refractivity contribution in [3.8, 4) is 5.75 Å². The van der Waals surface area contributed by atoms with Gasteiger partial charge in [-0.1, -0.05) is 12.1 Å². The number of ether oxygens (including phenoxy) is 1. The molecule has 0 bridgehead atoms. The summed E-state index contributed by atoms with van der Waals surface area (Å²) in [6.07, 6.45) is 0.694. The van der Waals surface area contributed by atoms with Gasteiger partial charge < -0.3 is 10.1 Å². The topological polar surface area (TPSA) is 67.0 Å². The Morgan fingerprint density at radius 1 is 1.38 bits per heavy atom. The van der Waals surface area contributed by atoms with Gasteiger partial charge in [-0.2, -0.15) is 5.10 Å². The summed E-state index contributed by atoms with van der Waals surface area (Å²) in [7, 11) is 0. The molecule has 2 aromatic rings. The first-order valence-corrected chi connectivity index (χ1v) is 6.72. The first-order chi connectivity index (χ1) is 10.1. The Morgan fingerprint density at radius 3 is 2.81 bits per heavy atom. The van der Waals surface area contributed by atoms with Gasteiger partial charge in [0.25, 0.3) is 5.91 Å². The van der Waals surface area contributed by atoms with Crippen molar-refractivity contribution in [2.75, 3.05) is 13.2 Å². The highest BCUT2D eigenvalue weighted by Gasteiger charge is 2.08. The lowest BCUT2D eigenvalue weighted by atomic mass is 10.1. The smallest absolute Gasteiger partial charge is 0.257 e. The molecule has 1 heterocycles. The molecule has 2 N–H and O–H groups in total. The largest absolute Gasteiger partial charge is 0.481 e. The molecule has 112 valence electrons.